The number of allylic oxidation sites excluding steroid dienone is 2. The van der Waals surface area contributed by atoms with E-state index in [4.69, 9.17) is 4.74 Å². The lowest BCUT2D eigenvalue weighted by Gasteiger charge is -2.16. The molecule has 1 aliphatic rings. The summed E-state index contributed by atoms with van der Waals surface area (Å²) in [5, 5.41) is 15.4. The maximum atomic E-state index is 13.8. The van der Waals surface area contributed by atoms with Gasteiger partial charge in [0.1, 0.15) is 23.0 Å². The quantitative estimate of drug-likeness (QED) is 0.423. The van der Waals surface area contributed by atoms with Crippen LogP contribution < -0.4 is 21.5 Å². The van der Waals surface area contributed by atoms with E-state index in [1.54, 1.807) is 0 Å². The number of carbonyl (C=O) groups excluding carboxylic acids is 2. The molecular formula is C24H26F2N4O5. The van der Waals surface area contributed by atoms with Gasteiger partial charge in [-0.1, -0.05) is 12.1 Å². The van der Waals surface area contributed by atoms with Crippen molar-refractivity contribution in [3.63, 3.8) is 0 Å². The van der Waals surface area contributed by atoms with Crippen molar-refractivity contribution >= 4 is 11.8 Å². The van der Waals surface area contributed by atoms with E-state index in [1.165, 1.54) is 7.05 Å². The van der Waals surface area contributed by atoms with Crippen molar-refractivity contribution in [1.82, 2.24) is 15.3 Å². The number of pyridine rings is 1. The summed E-state index contributed by atoms with van der Waals surface area (Å²) in [6, 6.07) is 2.87. The minimum absolute atomic E-state index is 0.00888. The van der Waals surface area contributed by atoms with Gasteiger partial charge in [-0.15, -0.1) is 0 Å². The lowest BCUT2D eigenvalue weighted by Crippen LogP contribution is -2.35. The predicted molar refractivity (Wildman–Crippen MR) is 125 cm³/mol. The average molecular weight is 488 g/mol. The van der Waals surface area contributed by atoms with E-state index in [0.29, 0.717) is 19.1 Å². The number of rotatable bonds is 8. The summed E-state index contributed by atoms with van der Waals surface area (Å²) in [5.41, 5.74) is 1.76. The fraction of sp³-hybridized carbons (Fsp3) is 0.292. The first-order chi connectivity index (χ1) is 16.8. The highest BCUT2D eigenvalue weighted by atomic mass is 19.1. The van der Waals surface area contributed by atoms with E-state index in [9.17, 15) is 28.3 Å². The Labute approximate surface area is 200 Å². The van der Waals surface area contributed by atoms with Gasteiger partial charge in [0, 0.05) is 44.4 Å². The number of nitrogens with zero attached hydrogens (tertiary/aromatic N) is 1. The Morgan fingerprint density at radius 2 is 2.00 bits per heavy atom. The molecule has 1 aromatic carbocycles. The van der Waals surface area contributed by atoms with Crippen molar-refractivity contribution in [3.05, 3.63) is 86.6 Å². The Kier molecular flexibility index (Phi) is 8.24. The number of hydrogen-bond acceptors (Lipinski definition) is 6. The number of nitrogens with one attached hydrogen (secondary N) is 3. The Bertz CT molecular complexity index is 1250. The Morgan fingerprint density at radius 1 is 1.23 bits per heavy atom. The van der Waals surface area contributed by atoms with Crippen molar-refractivity contribution in [2.45, 2.75) is 26.3 Å². The first kappa shape index (κ1) is 25.5. The Hall–Kier alpha value is -4.15. The van der Waals surface area contributed by atoms with Crippen molar-refractivity contribution in [2.24, 2.45) is 0 Å². The normalized spacial score (nSPS) is 15.2. The zero-order valence-corrected chi connectivity index (χ0v) is 19.3. The molecule has 1 aliphatic heterocycles. The molecule has 0 radical (unpaired) electrons. The van der Waals surface area contributed by atoms with Crippen molar-refractivity contribution < 1.29 is 28.2 Å². The fourth-order valence-corrected chi connectivity index (χ4v) is 3.57. The summed E-state index contributed by atoms with van der Waals surface area (Å²) in [6.45, 7) is 2.41. The summed E-state index contributed by atoms with van der Waals surface area (Å²) in [5.74, 6) is -3.35. The first-order valence-electron chi connectivity index (χ1n) is 10.9. The molecule has 11 heteroatoms. The smallest absolute Gasteiger partial charge is 0.273 e. The standard InChI is InChI=1S/C24H26F2N4O5/c1-3-19-14(8-10-35-19)5-4-9-28-24(34)20-22(32)21(31)17(13-30(20)27-2)23(33)29-12-15-6-7-16(25)11-18(15)26/h3,5-7,11,13,27,32H,4,8-10,12H2,1-2H3,(H,28,34)(H,29,33)/b14-5-,19-3+. The lowest BCUT2D eigenvalue weighted by molar-refractivity contribution is 0.0929. The highest BCUT2D eigenvalue weighted by molar-refractivity contribution is 5.98. The average Bonchev–Trinajstić information content (AvgIpc) is 3.30. The van der Waals surface area contributed by atoms with Gasteiger partial charge in [0.25, 0.3) is 11.8 Å². The summed E-state index contributed by atoms with van der Waals surface area (Å²) >= 11 is 0. The highest BCUT2D eigenvalue weighted by Crippen LogP contribution is 2.23. The van der Waals surface area contributed by atoms with Crippen LogP contribution in [0.4, 0.5) is 8.78 Å². The maximum Gasteiger partial charge on any atom is 0.273 e. The largest absolute Gasteiger partial charge is 0.502 e. The van der Waals surface area contributed by atoms with Crippen LogP contribution in [0.5, 0.6) is 5.75 Å². The second-order valence-corrected chi connectivity index (χ2v) is 7.61. The summed E-state index contributed by atoms with van der Waals surface area (Å²) in [7, 11) is 1.43. The topological polar surface area (TPSA) is 122 Å². The third-order valence-electron chi connectivity index (χ3n) is 5.37. The molecule has 3 rings (SSSR count). The van der Waals surface area contributed by atoms with E-state index >= 15 is 0 Å². The predicted octanol–water partition coefficient (Wildman–Crippen LogP) is 2.31. The highest BCUT2D eigenvalue weighted by Gasteiger charge is 2.24. The second kappa shape index (κ2) is 11.3. The molecule has 2 amide bonds. The van der Waals surface area contributed by atoms with Crippen LogP contribution in [0.15, 0.2) is 52.7 Å². The van der Waals surface area contributed by atoms with Gasteiger partial charge in [0.05, 0.1) is 6.61 Å². The molecule has 0 aliphatic carbocycles. The van der Waals surface area contributed by atoms with Crippen molar-refractivity contribution in [3.8, 4) is 5.75 Å². The summed E-state index contributed by atoms with van der Waals surface area (Å²) < 4.78 is 33.3. The Balaban J connectivity index is 1.71. The number of aromatic nitrogens is 1. The monoisotopic (exact) mass is 488 g/mol. The minimum atomic E-state index is -1.07. The molecule has 1 aromatic heterocycles. The van der Waals surface area contributed by atoms with E-state index in [-0.39, 0.29) is 24.3 Å². The van der Waals surface area contributed by atoms with Gasteiger partial charge in [0.2, 0.25) is 5.43 Å². The third kappa shape index (κ3) is 5.86. The van der Waals surface area contributed by atoms with Crippen LogP contribution in [0.2, 0.25) is 0 Å². The molecule has 1 saturated heterocycles. The summed E-state index contributed by atoms with van der Waals surface area (Å²) in [4.78, 5) is 37.8. The molecule has 35 heavy (non-hydrogen) atoms. The molecular weight excluding hydrogens is 462 g/mol. The molecule has 9 nitrogen and oxygen atoms in total. The molecule has 4 N–H and O–H groups in total. The molecule has 1 fully saturated rings. The molecule has 0 atom stereocenters. The van der Waals surface area contributed by atoms with Gasteiger partial charge in [-0.05, 0) is 31.1 Å². The number of hydrogen-bond donors (Lipinski definition) is 4. The van der Waals surface area contributed by atoms with Crippen LogP contribution in [0.1, 0.15) is 46.2 Å². The SMILES string of the molecule is C/C=C1/OCC/C1=C/CCNC(=O)c1c(O)c(=O)c(C(=O)NCc2ccc(F)cc2F)cn1NC. The van der Waals surface area contributed by atoms with Crippen LogP contribution in [0, 0.1) is 11.6 Å². The van der Waals surface area contributed by atoms with Crippen LogP contribution in [-0.4, -0.2) is 41.8 Å². The van der Waals surface area contributed by atoms with Crippen molar-refractivity contribution in [1.29, 1.82) is 0 Å². The number of aromatic hydroxyl groups is 1. The van der Waals surface area contributed by atoms with Crippen LogP contribution in [0.25, 0.3) is 0 Å². The summed E-state index contributed by atoms with van der Waals surface area (Å²) in [6.07, 6.45) is 6.17. The lowest BCUT2D eigenvalue weighted by atomic mass is 10.1. The molecule has 186 valence electrons. The van der Waals surface area contributed by atoms with Crippen LogP contribution in [-0.2, 0) is 11.3 Å². The fourth-order valence-electron chi connectivity index (χ4n) is 3.57. The van der Waals surface area contributed by atoms with Gasteiger partial charge in [-0.25, -0.2) is 8.78 Å². The first-order valence-corrected chi connectivity index (χ1v) is 10.9. The van der Waals surface area contributed by atoms with E-state index in [1.807, 2.05) is 19.1 Å². The molecule has 0 saturated carbocycles. The second-order valence-electron chi connectivity index (χ2n) is 7.61. The minimum Gasteiger partial charge on any atom is -0.502 e. The van der Waals surface area contributed by atoms with Gasteiger partial charge >= 0.3 is 0 Å². The van der Waals surface area contributed by atoms with Gasteiger partial charge in [-0.2, -0.15) is 0 Å². The number of benzene rings is 1. The zero-order chi connectivity index (χ0) is 25.5. The van der Waals surface area contributed by atoms with Gasteiger partial charge in [-0.3, -0.25) is 19.1 Å². The zero-order valence-electron chi connectivity index (χ0n) is 19.3. The molecule has 2 heterocycles. The van der Waals surface area contributed by atoms with Crippen molar-refractivity contribution in [2.75, 3.05) is 25.6 Å². The van der Waals surface area contributed by atoms with Gasteiger partial charge in [0.15, 0.2) is 11.4 Å². The van der Waals surface area contributed by atoms with E-state index < -0.39 is 40.2 Å². The third-order valence-corrected chi connectivity index (χ3v) is 5.37. The number of amides is 2. The van der Waals surface area contributed by atoms with E-state index in [0.717, 1.165) is 40.8 Å². The molecule has 2 aromatic rings. The number of carbonyl (C=O) groups is 2. The van der Waals surface area contributed by atoms with Crippen LogP contribution in [0.3, 0.4) is 0 Å². The van der Waals surface area contributed by atoms with E-state index in [2.05, 4.69) is 16.1 Å². The molecule has 0 bridgehead atoms. The van der Waals surface area contributed by atoms with Crippen LogP contribution >= 0.6 is 0 Å². The maximum absolute atomic E-state index is 13.8. The number of ether oxygens (including phenoxy) is 1. The molecule has 0 unspecified atom stereocenters. The molecule has 0 spiro atoms. The van der Waals surface area contributed by atoms with Gasteiger partial charge < -0.3 is 25.9 Å². The number of halogens is 2. The Morgan fingerprint density at radius 3 is 2.69 bits per heavy atom.